The number of esters is 1. The first kappa shape index (κ1) is 20.3. The van der Waals surface area contributed by atoms with Crippen LogP contribution in [-0.4, -0.2) is 31.1 Å². The van der Waals surface area contributed by atoms with E-state index in [4.69, 9.17) is 9.47 Å². The lowest BCUT2D eigenvalue weighted by Crippen LogP contribution is -2.47. The molecule has 0 radical (unpaired) electrons. The van der Waals surface area contributed by atoms with Crippen LogP contribution in [0.4, 0.5) is 0 Å². The second-order valence-corrected chi connectivity index (χ2v) is 7.36. The molecule has 4 atom stereocenters. The van der Waals surface area contributed by atoms with Gasteiger partial charge in [-0.15, -0.1) is 0 Å². The third-order valence-corrected chi connectivity index (χ3v) is 5.49. The Morgan fingerprint density at radius 3 is 2.54 bits per heavy atom. The molecule has 0 aliphatic heterocycles. The maximum Gasteiger partial charge on any atom is 0.306 e. The number of hydrogen-bond acceptors (Lipinski definition) is 4. The molecule has 0 aromatic heterocycles. The lowest BCUT2D eigenvalue weighted by molar-refractivity contribution is -0.155. The van der Waals surface area contributed by atoms with Gasteiger partial charge in [0.25, 0.3) is 5.91 Å². The lowest BCUT2D eigenvalue weighted by Gasteiger charge is -2.35. The summed E-state index contributed by atoms with van der Waals surface area (Å²) in [4.78, 5) is 24.4. The van der Waals surface area contributed by atoms with Gasteiger partial charge in [-0.25, -0.2) is 0 Å². The minimum atomic E-state index is -0.761. The molecular formula is C21H31NO4. The van der Waals surface area contributed by atoms with Gasteiger partial charge in [0.05, 0.1) is 7.11 Å². The van der Waals surface area contributed by atoms with Crippen molar-refractivity contribution in [2.24, 2.45) is 11.8 Å². The maximum atomic E-state index is 12.3. The predicted molar refractivity (Wildman–Crippen MR) is 101 cm³/mol. The summed E-state index contributed by atoms with van der Waals surface area (Å²) < 4.78 is 10.4. The van der Waals surface area contributed by atoms with E-state index < -0.39 is 6.10 Å². The van der Waals surface area contributed by atoms with Crippen LogP contribution in [0, 0.1) is 11.8 Å². The average molecular weight is 361 g/mol. The van der Waals surface area contributed by atoms with Crippen molar-refractivity contribution in [2.75, 3.05) is 7.11 Å². The maximum absolute atomic E-state index is 12.3. The van der Waals surface area contributed by atoms with Gasteiger partial charge in [-0.2, -0.15) is 0 Å². The Morgan fingerprint density at radius 1 is 1.19 bits per heavy atom. The highest BCUT2D eigenvalue weighted by Crippen LogP contribution is 2.29. The number of nitrogens with one attached hydrogen (secondary N) is 1. The highest BCUT2D eigenvalue weighted by Gasteiger charge is 2.30. The van der Waals surface area contributed by atoms with Crippen molar-refractivity contribution in [3.05, 3.63) is 29.8 Å². The van der Waals surface area contributed by atoms with Crippen molar-refractivity contribution >= 4 is 11.9 Å². The van der Waals surface area contributed by atoms with Crippen molar-refractivity contribution in [1.82, 2.24) is 5.32 Å². The van der Waals surface area contributed by atoms with E-state index in [1.54, 1.807) is 14.0 Å². The summed E-state index contributed by atoms with van der Waals surface area (Å²) in [6.07, 6.45) is 3.41. The van der Waals surface area contributed by atoms with E-state index >= 15 is 0 Å². The first-order chi connectivity index (χ1) is 12.4. The molecule has 0 bridgehead atoms. The van der Waals surface area contributed by atoms with E-state index in [-0.39, 0.29) is 24.3 Å². The summed E-state index contributed by atoms with van der Waals surface area (Å²) >= 11 is 0. The van der Waals surface area contributed by atoms with Crippen LogP contribution in [0.1, 0.15) is 52.0 Å². The Hall–Kier alpha value is -2.04. The van der Waals surface area contributed by atoms with Gasteiger partial charge < -0.3 is 14.8 Å². The van der Waals surface area contributed by atoms with E-state index in [0.717, 1.165) is 24.2 Å². The first-order valence-electron chi connectivity index (χ1n) is 9.53. The topological polar surface area (TPSA) is 64.6 Å². The van der Waals surface area contributed by atoms with Gasteiger partial charge in [0.15, 0.2) is 6.10 Å². The van der Waals surface area contributed by atoms with E-state index in [1.807, 2.05) is 24.3 Å². The van der Waals surface area contributed by atoms with Gasteiger partial charge >= 0.3 is 5.97 Å². The molecule has 1 fully saturated rings. The number of aryl methyl sites for hydroxylation is 1. The molecule has 1 N–H and O–H groups in total. The molecule has 144 valence electrons. The summed E-state index contributed by atoms with van der Waals surface area (Å²) in [5, 5.41) is 3.06. The Balaban J connectivity index is 1.75. The van der Waals surface area contributed by atoms with Crippen LogP contribution in [-0.2, 0) is 20.7 Å². The van der Waals surface area contributed by atoms with Crippen LogP contribution in [0.15, 0.2) is 24.3 Å². The Bertz CT molecular complexity index is 599. The van der Waals surface area contributed by atoms with E-state index in [0.29, 0.717) is 18.3 Å². The number of methoxy groups -OCH3 is 1. The zero-order valence-corrected chi connectivity index (χ0v) is 16.3. The molecule has 0 spiro atoms. The molecule has 1 amide bonds. The largest absolute Gasteiger partial charge is 0.497 e. The molecule has 1 aliphatic rings. The van der Waals surface area contributed by atoms with E-state index in [1.165, 1.54) is 6.42 Å². The van der Waals surface area contributed by atoms with Crippen molar-refractivity contribution in [3.63, 3.8) is 0 Å². The first-order valence-corrected chi connectivity index (χ1v) is 9.53. The van der Waals surface area contributed by atoms with Gasteiger partial charge in [0.1, 0.15) is 5.75 Å². The zero-order chi connectivity index (χ0) is 19.1. The number of carbonyl (C=O) groups is 2. The summed E-state index contributed by atoms with van der Waals surface area (Å²) in [6.45, 7) is 6.05. The van der Waals surface area contributed by atoms with Crippen molar-refractivity contribution in [3.8, 4) is 5.75 Å². The fraction of sp³-hybridized carbons (Fsp3) is 0.619. The van der Waals surface area contributed by atoms with Crippen LogP contribution < -0.4 is 10.1 Å². The molecule has 2 rings (SSSR count). The minimum absolute atomic E-state index is 0.173. The molecule has 1 saturated carbocycles. The number of hydrogen-bond donors (Lipinski definition) is 1. The highest BCUT2D eigenvalue weighted by atomic mass is 16.5. The summed E-state index contributed by atoms with van der Waals surface area (Å²) in [7, 11) is 1.62. The lowest BCUT2D eigenvalue weighted by atomic mass is 9.78. The standard InChI is InChI=1S/C21H31NO4/c1-14-6-5-7-19(15(14)2)22-21(24)16(3)26-20(23)13-10-17-8-11-18(25-4)12-9-17/h8-9,11-12,14-16,19H,5-7,10,13H2,1-4H3,(H,22,24)/t14-,15-,16-,19-/m1/s1. The van der Waals surface area contributed by atoms with Gasteiger partial charge in [0.2, 0.25) is 0 Å². The van der Waals surface area contributed by atoms with Crippen molar-refractivity contribution in [1.29, 1.82) is 0 Å². The number of amides is 1. The quantitative estimate of drug-likeness (QED) is 0.755. The SMILES string of the molecule is COc1ccc(CCC(=O)O[C@H](C)C(=O)N[C@@H]2CCC[C@@H](C)[C@H]2C)cc1. The van der Waals surface area contributed by atoms with Crippen LogP contribution in [0.25, 0.3) is 0 Å². The predicted octanol–water partition coefficient (Wildman–Crippen LogP) is 3.50. The third-order valence-electron chi connectivity index (χ3n) is 5.49. The van der Waals surface area contributed by atoms with Crippen molar-refractivity contribution in [2.45, 2.75) is 65.0 Å². The summed E-state index contributed by atoms with van der Waals surface area (Å²) in [5.74, 6) is 1.29. The van der Waals surface area contributed by atoms with Crippen LogP contribution in [0.3, 0.4) is 0 Å². The number of rotatable bonds is 7. The van der Waals surface area contributed by atoms with Gasteiger partial charge in [0, 0.05) is 12.5 Å². The monoisotopic (exact) mass is 361 g/mol. The van der Waals surface area contributed by atoms with Crippen molar-refractivity contribution < 1.29 is 19.1 Å². The smallest absolute Gasteiger partial charge is 0.306 e. The second-order valence-electron chi connectivity index (χ2n) is 7.36. The Morgan fingerprint density at radius 2 is 1.88 bits per heavy atom. The normalized spacial score (nSPS) is 23.8. The number of benzene rings is 1. The molecule has 26 heavy (non-hydrogen) atoms. The van der Waals surface area contributed by atoms with Crippen LogP contribution >= 0.6 is 0 Å². The van der Waals surface area contributed by atoms with Gasteiger partial charge in [-0.3, -0.25) is 9.59 Å². The van der Waals surface area contributed by atoms with Crippen LogP contribution in [0.5, 0.6) is 5.75 Å². The third kappa shape index (κ3) is 5.75. The molecule has 5 nitrogen and oxygen atoms in total. The molecule has 0 unspecified atom stereocenters. The minimum Gasteiger partial charge on any atom is -0.497 e. The summed E-state index contributed by atoms with van der Waals surface area (Å²) in [5.41, 5.74) is 1.03. The molecule has 1 aromatic carbocycles. The van der Waals surface area contributed by atoms with Crippen LogP contribution in [0.2, 0.25) is 0 Å². The molecule has 1 aromatic rings. The highest BCUT2D eigenvalue weighted by molar-refractivity contribution is 5.83. The van der Waals surface area contributed by atoms with Gasteiger partial charge in [-0.05, 0) is 49.3 Å². The molecule has 0 heterocycles. The summed E-state index contributed by atoms with van der Waals surface area (Å²) in [6, 6.07) is 7.75. The molecule has 1 aliphatic carbocycles. The Kier molecular flexibility index (Phi) is 7.49. The fourth-order valence-corrected chi connectivity index (χ4v) is 3.43. The number of ether oxygens (including phenoxy) is 2. The number of carbonyl (C=O) groups excluding carboxylic acids is 2. The van der Waals surface area contributed by atoms with E-state index in [2.05, 4.69) is 19.2 Å². The fourth-order valence-electron chi connectivity index (χ4n) is 3.43. The Labute approximate surface area is 156 Å². The second kappa shape index (κ2) is 9.60. The molecular weight excluding hydrogens is 330 g/mol. The average Bonchev–Trinajstić information content (AvgIpc) is 2.64. The molecule has 0 saturated heterocycles. The zero-order valence-electron chi connectivity index (χ0n) is 16.3. The van der Waals surface area contributed by atoms with Gasteiger partial charge in [-0.1, -0.05) is 38.8 Å². The molecule has 5 heteroatoms. The van der Waals surface area contributed by atoms with E-state index in [9.17, 15) is 9.59 Å².